The van der Waals surface area contributed by atoms with Gasteiger partial charge in [0.1, 0.15) is 17.1 Å². The summed E-state index contributed by atoms with van der Waals surface area (Å²) in [6, 6.07) is 14.4. The van der Waals surface area contributed by atoms with Crippen LogP contribution in [-0.4, -0.2) is 42.4 Å². The number of benzene rings is 2. The van der Waals surface area contributed by atoms with E-state index in [9.17, 15) is 9.59 Å². The Hall–Kier alpha value is -3.61. The molecule has 0 saturated carbocycles. The van der Waals surface area contributed by atoms with Gasteiger partial charge in [-0.15, -0.1) is 0 Å². The van der Waals surface area contributed by atoms with E-state index in [0.717, 1.165) is 5.69 Å². The Kier molecular flexibility index (Phi) is 5.97. The normalized spacial score (nSPS) is 10.5. The lowest BCUT2D eigenvalue weighted by Crippen LogP contribution is -2.16. The molecule has 7 heteroatoms. The van der Waals surface area contributed by atoms with Gasteiger partial charge in [0.2, 0.25) is 5.78 Å². The molecule has 0 fully saturated rings. The number of carbonyl (C=O) groups excluding carboxylic acids is 2. The number of para-hydroxylation sites is 1. The minimum atomic E-state index is -0.600. The van der Waals surface area contributed by atoms with Gasteiger partial charge in [-0.05, 0) is 44.2 Å². The molecule has 0 saturated heterocycles. The van der Waals surface area contributed by atoms with Gasteiger partial charge in [-0.2, -0.15) is 5.10 Å². The van der Waals surface area contributed by atoms with Gasteiger partial charge < -0.3 is 14.2 Å². The van der Waals surface area contributed by atoms with Gasteiger partial charge in [-0.3, -0.25) is 4.79 Å². The van der Waals surface area contributed by atoms with Crippen molar-refractivity contribution in [1.29, 1.82) is 0 Å². The molecule has 0 aliphatic heterocycles. The zero-order chi connectivity index (χ0) is 21.0. The smallest absolute Gasteiger partial charge is 0.342 e. The first-order chi connectivity index (χ1) is 14.0. The van der Waals surface area contributed by atoms with E-state index in [0.29, 0.717) is 28.5 Å². The first kappa shape index (κ1) is 20.1. The molecule has 0 radical (unpaired) electrons. The van der Waals surface area contributed by atoms with E-state index in [4.69, 9.17) is 14.2 Å². The largest absolute Gasteiger partial charge is 0.497 e. The highest BCUT2D eigenvalue weighted by atomic mass is 16.5. The number of carbonyl (C=O) groups is 2. The highest BCUT2D eigenvalue weighted by Crippen LogP contribution is 2.25. The summed E-state index contributed by atoms with van der Waals surface area (Å²) >= 11 is 0. The summed E-state index contributed by atoms with van der Waals surface area (Å²) in [4.78, 5) is 25.3. The molecular weight excluding hydrogens is 372 g/mol. The van der Waals surface area contributed by atoms with Gasteiger partial charge in [0.05, 0.1) is 36.9 Å². The van der Waals surface area contributed by atoms with Crippen molar-refractivity contribution >= 4 is 11.8 Å². The third kappa shape index (κ3) is 4.13. The SMILES string of the molecule is COc1ccc(OC)c(C(=O)COC(=O)c2c(C)nn(-c3ccccc3)c2C)c1. The molecule has 0 aliphatic carbocycles. The molecule has 7 nitrogen and oxygen atoms in total. The summed E-state index contributed by atoms with van der Waals surface area (Å²) in [5.41, 5.74) is 2.64. The Balaban J connectivity index is 1.78. The van der Waals surface area contributed by atoms with E-state index < -0.39 is 12.6 Å². The quantitative estimate of drug-likeness (QED) is 0.450. The van der Waals surface area contributed by atoms with Gasteiger partial charge in [-0.1, -0.05) is 18.2 Å². The minimum absolute atomic E-state index is 0.285. The van der Waals surface area contributed by atoms with E-state index >= 15 is 0 Å². The molecule has 0 aliphatic rings. The molecule has 0 amide bonds. The highest BCUT2D eigenvalue weighted by molar-refractivity contribution is 6.02. The zero-order valence-corrected chi connectivity index (χ0v) is 16.8. The van der Waals surface area contributed by atoms with Gasteiger partial charge in [-0.25, -0.2) is 9.48 Å². The zero-order valence-electron chi connectivity index (χ0n) is 16.8. The lowest BCUT2D eigenvalue weighted by Gasteiger charge is -2.10. The Morgan fingerprint density at radius 3 is 2.38 bits per heavy atom. The molecule has 0 spiro atoms. The standard InChI is InChI=1S/C22H22N2O5/c1-14-21(15(2)24(23-14)16-8-6-5-7-9-16)22(26)29-13-19(25)18-12-17(27-3)10-11-20(18)28-4/h5-12H,13H2,1-4H3. The molecule has 150 valence electrons. The second kappa shape index (κ2) is 8.60. The Labute approximate surface area is 168 Å². The van der Waals surface area contributed by atoms with Crippen molar-refractivity contribution in [3.05, 3.63) is 71.0 Å². The number of aryl methyl sites for hydroxylation is 1. The number of rotatable bonds is 7. The molecule has 0 N–H and O–H groups in total. The summed E-state index contributed by atoms with van der Waals surface area (Å²) in [6.07, 6.45) is 0. The summed E-state index contributed by atoms with van der Waals surface area (Å²) in [5.74, 6) is -0.0929. The van der Waals surface area contributed by atoms with E-state index in [1.807, 2.05) is 30.3 Å². The average Bonchev–Trinajstić information content (AvgIpc) is 3.05. The maximum atomic E-state index is 12.7. The van der Waals surface area contributed by atoms with Crippen LogP contribution >= 0.6 is 0 Å². The second-order valence-corrected chi connectivity index (χ2v) is 6.36. The summed E-state index contributed by atoms with van der Waals surface area (Å²) in [5, 5.41) is 4.43. The summed E-state index contributed by atoms with van der Waals surface area (Å²) in [7, 11) is 2.97. The predicted molar refractivity (Wildman–Crippen MR) is 107 cm³/mol. The van der Waals surface area contributed by atoms with Crippen LogP contribution in [0.2, 0.25) is 0 Å². The molecule has 0 bridgehead atoms. The summed E-state index contributed by atoms with van der Waals surface area (Å²) < 4.78 is 17.3. The van der Waals surface area contributed by atoms with Crippen LogP contribution in [0.15, 0.2) is 48.5 Å². The fourth-order valence-electron chi connectivity index (χ4n) is 3.07. The Morgan fingerprint density at radius 2 is 1.72 bits per heavy atom. The predicted octanol–water partition coefficient (Wildman–Crippen LogP) is 3.55. The van der Waals surface area contributed by atoms with Crippen LogP contribution in [0.1, 0.15) is 32.1 Å². The molecular formula is C22H22N2O5. The Bertz CT molecular complexity index is 1040. The van der Waals surface area contributed by atoms with Crippen molar-refractivity contribution in [2.45, 2.75) is 13.8 Å². The minimum Gasteiger partial charge on any atom is -0.497 e. The van der Waals surface area contributed by atoms with E-state index in [1.165, 1.54) is 14.2 Å². The fraction of sp³-hybridized carbons (Fsp3) is 0.227. The third-order valence-corrected chi connectivity index (χ3v) is 4.54. The number of esters is 1. The van der Waals surface area contributed by atoms with Crippen LogP contribution in [0, 0.1) is 13.8 Å². The molecule has 3 rings (SSSR count). The van der Waals surface area contributed by atoms with Crippen molar-refractivity contribution in [2.75, 3.05) is 20.8 Å². The molecule has 0 unspecified atom stereocenters. The number of ketones is 1. The molecule has 29 heavy (non-hydrogen) atoms. The van der Waals surface area contributed by atoms with Crippen molar-refractivity contribution in [3.63, 3.8) is 0 Å². The molecule has 1 aromatic heterocycles. The topological polar surface area (TPSA) is 79.7 Å². The van der Waals surface area contributed by atoms with Crippen LogP contribution in [0.3, 0.4) is 0 Å². The number of Topliss-reactive ketones (excluding diaryl/α,β-unsaturated/α-hetero) is 1. The molecule has 1 heterocycles. The number of hydrogen-bond acceptors (Lipinski definition) is 6. The van der Waals surface area contributed by atoms with Crippen molar-refractivity contribution < 1.29 is 23.8 Å². The van der Waals surface area contributed by atoms with Gasteiger partial charge in [0.15, 0.2) is 6.61 Å². The van der Waals surface area contributed by atoms with Crippen LogP contribution in [0.4, 0.5) is 0 Å². The Morgan fingerprint density at radius 1 is 1.00 bits per heavy atom. The van der Waals surface area contributed by atoms with Crippen molar-refractivity contribution in [2.24, 2.45) is 0 Å². The molecule has 3 aromatic rings. The summed E-state index contributed by atoms with van der Waals surface area (Å²) in [6.45, 7) is 3.10. The maximum Gasteiger partial charge on any atom is 0.342 e. The van der Waals surface area contributed by atoms with Crippen LogP contribution < -0.4 is 9.47 Å². The first-order valence-corrected chi connectivity index (χ1v) is 9.00. The molecule has 2 aromatic carbocycles. The number of aromatic nitrogens is 2. The van der Waals surface area contributed by atoms with Gasteiger partial charge in [0, 0.05) is 0 Å². The van der Waals surface area contributed by atoms with E-state index in [-0.39, 0.29) is 11.3 Å². The van der Waals surface area contributed by atoms with E-state index in [1.54, 1.807) is 36.7 Å². The van der Waals surface area contributed by atoms with Gasteiger partial charge >= 0.3 is 5.97 Å². The van der Waals surface area contributed by atoms with Gasteiger partial charge in [0.25, 0.3) is 0 Å². The lowest BCUT2D eigenvalue weighted by atomic mass is 10.1. The van der Waals surface area contributed by atoms with Crippen LogP contribution in [-0.2, 0) is 4.74 Å². The second-order valence-electron chi connectivity index (χ2n) is 6.36. The van der Waals surface area contributed by atoms with Crippen LogP contribution in [0.25, 0.3) is 5.69 Å². The number of ether oxygens (including phenoxy) is 3. The lowest BCUT2D eigenvalue weighted by molar-refractivity contribution is 0.0472. The number of nitrogens with zero attached hydrogens (tertiary/aromatic N) is 2. The fourth-order valence-corrected chi connectivity index (χ4v) is 3.07. The van der Waals surface area contributed by atoms with Crippen molar-refractivity contribution in [1.82, 2.24) is 9.78 Å². The van der Waals surface area contributed by atoms with Crippen molar-refractivity contribution in [3.8, 4) is 17.2 Å². The number of methoxy groups -OCH3 is 2. The monoisotopic (exact) mass is 394 g/mol. The first-order valence-electron chi connectivity index (χ1n) is 9.00. The van der Waals surface area contributed by atoms with E-state index in [2.05, 4.69) is 5.10 Å². The maximum absolute atomic E-state index is 12.7. The highest BCUT2D eigenvalue weighted by Gasteiger charge is 2.22. The third-order valence-electron chi connectivity index (χ3n) is 4.54. The molecule has 0 atom stereocenters. The van der Waals surface area contributed by atoms with Crippen LogP contribution in [0.5, 0.6) is 11.5 Å². The average molecular weight is 394 g/mol. The number of hydrogen-bond donors (Lipinski definition) is 0.